The van der Waals surface area contributed by atoms with Gasteiger partial charge in [-0.2, -0.15) is 5.26 Å². The summed E-state index contributed by atoms with van der Waals surface area (Å²) >= 11 is 2.17. The monoisotopic (exact) mass is 566 g/mol. The molecular weight excluding hydrogens is 539 g/mol. The Bertz CT molecular complexity index is 1310. The lowest BCUT2D eigenvalue weighted by molar-refractivity contribution is -0.112. The van der Waals surface area contributed by atoms with Gasteiger partial charge in [-0.25, -0.2) is 0 Å². The van der Waals surface area contributed by atoms with Gasteiger partial charge in [-0.1, -0.05) is 24.3 Å². The van der Waals surface area contributed by atoms with Crippen LogP contribution >= 0.6 is 22.6 Å². The Morgan fingerprint density at radius 2 is 1.68 bits per heavy atom. The first-order chi connectivity index (χ1) is 16.2. The average molecular weight is 566 g/mol. The van der Waals surface area contributed by atoms with Crippen LogP contribution in [0.25, 0.3) is 6.08 Å². The number of nitriles is 1. The predicted molar refractivity (Wildman–Crippen MR) is 144 cm³/mol. The second-order valence-electron chi connectivity index (χ2n) is 8.16. The van der Waals surface area contributed by atoms with E-state index in [1.54, 1.807) is 19.3 Å². The van der Waals surface area contributed by atoms with E-state index in [9.17, 15) is 10.1 Å². The van der Waals surface area contributed by atoms with Gasteiger partial charge >= 0.3 is 0 Å². The van der Waals surface area contributed by atoms with Crippen LogP contribution in [0, 0.1) is 42.6 Å². The lowest BCUT2D eigenvalue weighted by atomic mass is 10.1. The third-order valence-corrected chi connectivity index (χ3v) is 6.45. The van der Waals surface area contributed by atoms with Crippen LogP contribution in [0.15, 0.2) is 54.1 Å². The molecule has 0 fully saturated rings. The Morgan fingerprint density at radius 1 is 1.00 bits per heavy atom. The minimum absolute atomic E-state index is 0.000111. The molecule has 34 heavy (non-hydrogen) atoms. The number of benzene rings is 3. The Balaban J connectivity index is 1.82. The molecule has 1 N–H and O–H groups in total. The summed E-state index contributed by atoms with van der Waals surface area (Å²) in [5, 5.41) is 12.4. The van der Waals surface area contributed by atoms with Crippen LogP contribution in [0.4, 0.5) is 5.69 Å². The quantitative estimate of drug-likeness (QED) is 0.197. The molecule has 0 aromatic heterocycles. The van der Waals surface area contributed by atoms with Gasteiger partial charge in [-0.05, 0) is 114 Å². The number of hydrogen-bond acceptors (Lipinski definition) is 4. The second-order valence-corrected chi connectivity index (χ2v) is 9.33. The molecule has 0 aliphatic heterocycles. The zero-order valence-electron chi connectivity index (χ0n) is 20.0. The molecule has 0 aliphatic rings. The number of ether oxygens (including phenoxy) is 2. The molecule has 0 aliphatic carbocycles. The predicted octanol–water partition coefficient (Wildman–Crippen LogP) is 6.66. The molecular formula is C28H27IN2O3. The van der Waals surface area contributed by atoms with Crippen LogP contribution in [0.2, 0.25) is 0 Å². The van der Waals surface area contributed by atoms with Crippen molar-refractivity contribution in [3.05, 3.63) is 91.1 Å². The molecule has 3 rings (SSSR count). The van der Waals surface area contributed by atoms with E-state index in [1.165, 1.54) is 11.1 Å². The summed E-state index contributed by atoms with van der Waals surface area (Å²) in [7, 11) is 1.57. The number of rotatable bonds is 7. The molecule has 3 aromatic rings. The molecule has 3 aromatic carbocycles. The summed E-state index contributed by atoms with van der Waals surface area (Å²) in [6, 6.07) is 17.5. The first-order valence-electron chi connectivity index (χ1n) is 10.8. The van der Waals surface area contributed by atoms with Gasteiger partial charge in [-0.15, -0.1) is 0 Å². The fourth-order valence-electron chi connectivity index (χ4n) is 3.34. The van der Waals surface area contributed by atoms with E-state index in [0.717, 1.165) is 20.3 Å². The number of methoxy groups -OCH3 is 1. The van der Waals surface area contributed by atoms with Gasteiger partial charge in [0.1, 0.15) is 18.2 Å². The van der Waals surface area contributed by atoms with Crippen LogP contribution in [0.5, 0.6) is 11.5 Å². The van der Waals surface area contributed by atoms with Gasteiger partial charge in [0.2, 0.25) is 0 Å². The van der Waals surface area contributed by atoms with E-state index in [-0.39, 0.29) is 5.57 Å². The molecule has 0 radical (unpaired) electrons. The van der Waals surface area contributed by atoms with Crippen molar-refractivity contribution >= 4 is 40.3 Å². The highest BCUT2D eigenvalue weighted by atomic mass is 127. The fraction of sp³-hybridized carbons (Fsp3) is 0.214. The van der Waals surface area contributed by atoms with Gasteiger partial charge in [-0.3, -0.25) is 4.79 Å². The van der Waals surface area contributed by atoms with Gasteiger partial charge in [0, 0.05) is 5.69 Å². The van der Waals surface area contributed by atoms with E-state index >= 15 is 0 Å². The minimum Gasteiger partial charge on any atom is -0.493 e. The molecule has 174 valence electrons. The van der Waals surface area contributed by atoms with Crippen LogP contribution in [0.3, 0.4) is 0 Å². The number of halogens is 1. The summed E-state index contributed by atoms with van der Waals surface area (Å²) in [6.07, 6.45) is 1.55. The topological polar surface area (TPSA) is 71.3 Å². The SMILES string of the molecule is COc1cc(/C=C(\C#N)C(=O)Nc2ccc(C)c(C)c2)cc(I)c1OCc1ccc(C)c(C)c1. The Morgan fingerprint density at radius 3 is 2.29 bits per heavy atom. The normalized spacial score (nSPS) is 11.0. The average Bonchev–Trinajstić information content (AvgIpc) is 2.80. The molecule has 0 bridgehead atoms. The Labute approximate surface area is 214 Å². The van der Waals surface area contributed by atoms with Gasteiger partial charge in [0.25, 0.3) is 5.91 Å². The van der Waals surface area contributed by atoms with Gasteiger partial charge < -0.3 is 14.8 Å². The third kappa shape index (κ3) is 6.17. The number of carbonyl (C=O) groups is 1. The molecule has 0 saturated heterocycles. The number of hydrogen-bond donors (Lipinski definition) is 1. The highest BCUT2D eigenvalue weighted by Gasteiger charge is 2.15. The number of anilines is 1. The molecule has 0 unspecified atom stereocenters. The second kappa shape index (κ2) is 11.2. The van der Waals surface area contributed by atoms with Gasteiger partial charge in [0.15, 0.2) is 11.5 Å². The fourth-order valence-corrected chi connectivity index (χ4v) is 4.13. The van der Waals surface area contributed by atoms with Crippen molar-refractivity contribution in [2.45, 2.75) is 34.3 Å². The maximum atomic E-state index is 12.7. The molecule has 0 spiro atoms. The minimum atomic E-state index is -0.463. The molecule has 0 heterocycles. The molecule has 6 heteroatoms. The first-order valence-corrected chi connectivity index (χ1v) is 11.9. The van der Waals surface area contributed by atoms with Crippen LogP contribution in [0.1, 0.15) is 33.4 Å². The number of amides is 1. The molecule has 0 atom stereocenters. The van der Waals surface area contributed by atoms with E-state index in [4.69, 9.17) is 9.47 Å². The lowest BCUT2D eigenvalue weighted by Crippen LogP contribution is -2.13. The summed E-state index contributed by atoms with van der Waals surface area (Å²) in [4.78, 5) is 12.7. The van der Waals surface area contributed by atoms with E-state index in [0.29, 0.717) is 29.4 Å². The maximum absolute atomic E-state index is 12.7. The highest BCUT2D eigenvalue weighted by Crippen LogP contribution is 2.35. The Hall–Kier alpha value is -3.31. The van der Waals surface area contributed by atoms with Gasteiger partial charge in [0.05, 0.1) is 10.7 Å². The molecule has 1 amide bonds. The number of nitrogens with zero attached hydrogens (tertiary/aromatic N) is 1. The largest absolute Gasteiger partial charge is 0.493 e. The number of nitrogens with one attached hydrogen (secondary N) is 1. The van der Waals surface area contributed by atoms with Crippen LogP contribution in [-0.4, -0.2) is 13.0 Å². The summed E-state index contributed by atoms with van der Waals surface area (Å²) in [6.45, 7) is 8.54. The van der Waals surface area contributed by atoms with Crippen molar-refractivity contribution in [3.63, 3.8) is 0 Å². The molecule has 5 nitrogen and oxygen atoms in total. The zero-order chi connectivity index (χ0) is 24.8. The van der Waals surface area contributed by atoms with Crippen LogP contribution in [-0.2, 0) is 11.4 Å². The van der Waals surface area contributed by atoms with Crippen molar-refractivity contribution in [2.24, 2.45) is 0 Å². The van der Waals surface area contributed by atoms with E-state index in [2.05, 4.69) is 53.9 Å². The van der Waals surface area contributed by atoms with E-state index in [1.807, 2.05) is 50.2 Å². The van der Waals surface area contributed by atoms with Crippen molar-refractivity contribution in [1.82, 2.24) is 0 Å². The lowest BCUT2D eigenvalue weighted by Gasteiger charge is -2.14. The zero-order valence-corrected chi connectivity index (χ0v) is 22.1. The summed E-state index contributed by atoms with van der Waals surface area (Å²) < 4.78 is 12.4. The summed E-state index contributed by atoms with van der Waals surface area (Å²) in [5.74, 6) is 0.695. The van der Waals surface area contributed by atoms with Crippen molar-refractivity contribution < 1.29 is 14.3 Å². The van der Waals surface area contributed by atoms with Crippen molar-refractivity contribution in [2.75, 3.05) is 12.4 Å². The smallest absolute Gasteiger partial charge is 0.266 e. The summed E-state index contributed by atoms with van der Waals surface area (Å²) in [5.41, 5.74) is 7.04. The number of carbonyl (C=O) groups excluding carboxylic acids is 1. The first kappa shape index (κ1) is 25.3. The Kier molecular flexibility index (Phi) is 8.35. The van der Waals surface area contributed by atoms with Crippen LogP contribution < -0.4 is 14.8 Å². The number of aryl methyl sites for hydroxylation is 4. The standard InChI is InChI=1S/C28H27IN2O3/c1-17-6-8-21(10-19(17)3)16-34-27-25(29)13-22(14-26(27)33-5)12-23(15-30)28(32)31-24-9-7-18(2)20(4)11-24/h6-14H,16H2,1-5H3,(H,31,32)/b23-12+. The van der Waals surface area contributed by atoms with Crippen molar-refractivity contribution in [1.29, 1.82) is 5.26 Å². The third-order valence-electron chi connectivity index (χ3n) is 5.65. The van der Waals surface area contributed by atoms with Crippen molar-refractivity contribution in [3.8, 4) is 17.6 Å². The molecule has 0 saturated carbocycles. The maximum Gasteiger partial charge on any atom is 0.266 e. The highest BCUT2D eigenvalue weighted by molar-refractivity contribution is 14.1. The van der Waals surface area contributed by atoms with E-state index < -0.39 is 5.91 Å².